The second kappa shape index (κ2) is 6.57. The summed E-state index contributed by atoms with van der Waals surface area (Å²) in [6.07, 6.45) is 1.91. The van der Waals surface area contributed by atoms with Crippen molar-refractivity contribution in [2.24, 2.45) is 0 Å². The number of hydrogen-bond donors (Lipinski definition) is 2. The zero-order valence-electron chi connectivity index (χ0n) is 13.8. The monoisotopic (exact) mass is 325 g/mol. The zero-order valence-corrected chi connectivity index (χ0v) is 13.8. The number of nitrogens with zero attached hydrogens (tertiary/aromatic N) is 3. The number of pyridine rings is 1. The van der Waals surface area contributed by atoms with Crippen LogP contribution >= 0.6 is 0 Å². The van der Waals surface area contributed by atoms with Crippen LogP contribution in [0.5, 0.6) is 5.75 Å². The zero-order chi connectivity index (χ0) is 17.1. The lowest BCUT2D eigenvalue weighted by Crippen LogP contribution is -2.22. The second-order valence-electron chi connectivity index (χ2n) is 5.34. The third-order valence-corrected chi connectivity index (χ3v) is 3.53. The van der Waals surface area contributed by atoms with Crippen LogP contribution in [-0.2, 0) is 0 Å². The van der Waals surface area contributed by atoms with E-state index in [1.54, 1.807) is 29.8 Å². The molecular weight excluding hydrogens is 306 g/mol. The lowest BCUT2D eigenvalue weighted by Gasteiger charge is -2.10. The van der Waals surface area contributed by atoms with Crippen molar-refractivity contribution in [2.75, 3.05) is 19.0 Å². The van der Waals surface area contributed by atoms with Gasteiger partial charge in [-0.05, 0) is 43.7 Å². The molecule has 1 amide bonds. The van der Waals surface area contributed by atoms with Crippen molar-refractivity contribution in [3.8, 4) is 5.75 Å². The molecule has 3 rings (SSSR count). The summed E-state index contributed by atoms with van der Waals surface area (Å²) < 4.78 is 7.09. The molecule has 0 saturated heterocycles. The predicted molar refractivity (Wildman–Crippen MR) is 92.0 cm³/mol. The van der Waals surface area contributed by atoms with Crippen LogP contribution in [0.4, 0.5) is 11.6 Å². The highest BCUT2D eigenvalue weighted by Gasteiger charge is 2.12. The van der Waals surface area contributed by atoms with E-state index in [1.165, 1.54) is 0 Å². The van der Waals surface area contributed by atoms with E-state index >= 15 is 0 Å². The first kappa shape index (κ1) is 15.8. The van der Waals surface area contributed by atoms with Gasteiger partial charge in [0, 0.05) is 18.3 Å². The molecule has 24 heavy (non-hydrogen) atoms. The Hall–Kier alpha value is -3.09. The number of nitrogens with one attached hydrogen (secondary N) is 2. The molecule has 0 radical (unpaired) electrons. The molecule has 7 heteroatoms. The fourth-order valence-corrected chi connectivity index (χ4v) is 2.36. The average molecular weight is 325 g/mol. The Balaban J connectivity index is 1.89. The fourth-order valence-electron chi connectivity index (χ4n) is 2.36. The van der Waals surface area contributed by atoms with Gasteiger partial charge in [0.25, 0.3) is 5.91 Å². The maximum atomic E-state index is 11.9. The van der Waals surface area contributed by atoms with Crippen molar-refractivity contribution in [1.82, 2.24) is 19.9 Å². The number of ether oxygens (including phenoxy) is 1. The van der Waals surface area contributed by atoms with E-state index in [0.717, 1.165) is 11.2 Å². The van der Waals surface area contributed by atoms with E-state index in [2.05, 4.69) is 20.7 Å². The number of methoxy groups -OCH3 is 1. The highest BCUT2D eigenvalue weighted by molar-refractivity contribution is 5.95. The largest absolute Gasteiger partial charge is 0.495 e. The first-order chi connectivity index (χ1) is 11.6. The SMILES string of the molecule is CCNC(=O)c1ccc(Nc2nc3ccc(C)cn3n2)c(OC)c1. The van der Waals surface area contributed by atoms with E-state index in [-0.39, 0.29) is 5.91 Å². The van der Waals surface area contributed by atoms with Gasteiger partial charge in [-0.2, -0.15) is 4.98 Å². The standard InChI is InChI=1S/C17H19N5O2/c1-4-18-16(23)12-6-7-13(14(9-12)24-3)19-17-20-15-8-5-11(2)10-22(15)21-17/h5-10H,4H2,1-3H3,(H,18,23)(H,19,21). The summed E-state index contributed by atoms with van der Waals surface area (Å²) >= 11 is 0. The van der Waals surface area contributed by atoms with Crippen molar-refractivity contribution in [2.45, 2.75) is 13.8 Å². The number of fused-ring (bicyclic) bond motifs is 1. The van der Waals surface area contributed by atoms with Gasteiger partial charge in [-0.25, -0.2) is 4.52 Å². The van der Waals surface area contributed by atoms with Crippen molar-refractivity contribution in [3.05, 3.63) is 47.7 Å². The Morgan fingerprint density at radius 1 is 1.29 bits per heavy atom. The molecule has 0 unspecified atom stereocenters. The number of anilines is 2. The quantitative estimate of drug-likeness (QED) is 0.753. The second-order valence-corrected chi connectivity index (χ2v) is 5.34. The smallest absolute Gasteiger partial charge is 0.251 e. The Bertz CT molecular complexity index is 888. The van der Waals surface area contributed by atoms with Crippen LogP contribution < -0.4 is 15.4 Å². The number of hydrogen-bond acceptors (Lipinski definition) is 5. The molecule has 0 aliphatic rings. The van der Waals surface area contributed by atoms with Gasteiger partial charge in [0.05, 0.1) is 12.8 Å². The van der Waals surface area contributed by atoms with Gasteiger partial charge >= 0.3 is 0 Å². The predicted octanol–water partition coefficient (Wildman–Crippen LogP) is 2.54. The first-order valence-corrected chi connectivity index (χ1v) is 7.67. The Morgan fingerprint density at radius 2 is 2.12 bits per heavy atom. The van der Waals surface area contributed by atoms with Gasteiger partial charge < -0.3 is 15.4 Å². The number of benzene rings is 1. The number of aryl methyl sites for hydroxylation is 1. The van der Waals surface area contributed by atoms with Gasteiger partial charge in [0.1, 0.15) is 5.75 Å². The summed E-state index contributed by atoms with van der Waals surface area (Å²) in [5.74, 6) is 0.877. The summed E-state index contributed by atoms with van der Waals surface area (Å²) in [5, 5.41) is 10.3. The summed E-state index contributed by atoms with van der Waals surface area (Å²) in [6, 6.07) is 9.09. The summed E-state index contributed by atoms with van der Waals surface area (Å²) in [7, 11) is 1.56. The third-order valence-electron chi connectivity index (χ3n) is 3.53. The van der Waals surface area contributed by atoms with Crippen LogP contribution in [0.15, 0.2) is 36.5 Å². The molecule has 0 bridgehead atoms. The van der Waals surface area contributed by atoms with Crippen molar-refractivity contribution in [1.29, 1.82) is 0 Å². The number of amides is 1. The molecule has 2 aromatic heterocycles. The molecular formula is C17H19N5O2. The maximum absolute atomic E-state index is 11.9. The number of carbonyl (C=O) groups excluding carboxylic acids is 1. The fraction of sp³-hybridized carbons (Fsp3) is 0.235. The number of rotatable bonds is 5. The van der Waals surface area contributed by atoms with Gasteiger partial charge in [0.15, 0.2) is 5.65 Å². The summed E-state index contributed by atoms with van der Waals surface area (Å²) in [6.45, 7) is 4.45. The normalized spacial score (nSPS) is 10.6. The minimum absolute atomic E-state index is 0.135. The van der Waals surface area contributed by atoms with Gasteiger partial charge in [-0.15, -0.1) is 5.10 Å². The van der Waals surface area contributed by atoms with Crippen LogP contribution in [-0.4, -0.2) is 34.2 Å². The third kappa shape index (κ3) is 3.15. The molecule has 1 aromatic carbocycles. The Kier molecular flexibility index (Phi) is 4.33. The lowest BCUT2D eigenvalue weighted by atomic mass is 10.1. The molecule has 0 aliphatic heterocycles. The Morgan fingerprint density at radius 3 is 2.88 bits per heavy atom. The topological polar surface area (TPSA) is 80.6 Å². The van der Waals surface area contributed by atoms with E-state index in [1.807, 2.05) is 32.2 Å². The van der Waals surface area contributed by atoms with Crippen LogP contribution in [0.1, 0.15) is 22.8 Å². The molecule has 0 fully saturated rings. The highest BCUT2D eigenvalue weighted by Crippen LogP contribution is 2.28. The molecule has 3 aromatic rings. The van der Waals surface area contributed by atoms with Crippen molar-refractivity contribution < 1.29 is 9.53 Å². The minimum Gasteiger partial charge on any atom is -0.495 e. The number of carbonyl (C=O) groups is 1. The summed E-state index contributed by atoms with van der Waals surface area (Å²) in [4.78, 5) is 16.3. The van der Waals surface area contributed by atoms with E-state index < -0.39 is 0 Å². The lowest BCUT2D eigenvalue weighted by molar-refractivity contribution is 0.0955. The molecule has 2 N–H and O–H groups in total. The minimum atomic E-state index is -0.135. The van der Waals surface area contributed by atoms with Gasteiger partial charge in [0.2, 0.25) is 5.95 Å². The molecule has 2 heterocycles. The molecule has 0 aliphatic carbocycles. The van der Waals surface area contributed by atoms with E-state index in [4.69, 9.17) is 4.74 Å². The van der Waals surface area contributed by atoms with Gasteiger partial charge in [-0.1, -0.05) is 6.07 Å². The molecule has 124 valence electrons. The highest BCUT2D eigenvalue weighted by atomic mass is 16.5. The summed E-state index contributed by atoms with van der Waals surface area (Å²) in [5.41, 5.74) is 3.08. The van der Waals surface area contributed by atoms with Crippen LogP contribution in [0.25, 0.3) is 5.65 Å². The van der Waals surface area contributed by atoms with Crippen molar-refractivity contribution >= 4 is 23.2 Å². The van der Waals surface area contributed by atoms with E-state index in [9.17, 15) is 4.79 Å². The molecule has 7 nitrogen and oxygen atoms in total. The van der Waals surface area contributed by atoms with Crippen molar-refractivity contribution in [3.63, 3.8) is 0 Å². The van der Waals surface area contributed by atoms with Crippen LogP contribution in [0.2, 0.25) is 0 Å². The van der Waals surface area contributed by atoms with Crippen LogP contribution in [0.3, 0.4) is 0 Å². The van der Waals surface area contributed by atoms with Gasteiger partial charge in [-0.3, -0.25) is 4.79 Å². The first-order valence-electron chi connectivity index (χ1n) is 7.67. The van der Waals surface area contributed by atoms with E-state index in [0.29, 0.717) is 29.5 Å². The maximum Gasteiger partial charge on any atom is 0.251 e. The molecule has 0 saturated carbocycles. The molecule has 0 spiro atoms. The Labute approximate surface area is 139 Å². The molecule has 0 atom stereocenters. The number of aromatic nitrogens is 3. The van der Waals surface area contributed by atoms with Crippen LogP contribution in [0, 0.1) is 6.92 Å². The average Bonchev–Trinajstić information content (AvgIpc) is 2.96.